The van der Waals surface area contributed by atoms with Gasteiger partial charge in [0, 0.05) is 19.4 Å². The Morgan fingerprint density at radius 1 is 0.826 bits per heavy atom. The van der Waals surface area contributed by atoms with Crippen molar-refractivity contribution in [3.8, 4) is 5.75 Å². The van der Waals surface area contributed by atoms with Gasteiger partial charge in [-0.2, -0.15) is 0 Å². The molecular weight excluding hydrogens is 584 g/mol. The van der Waals surface area contributed by atoms with Crippen molar-refractivity contribution in [1.82, 2.24) is 15.5 Å². The standard InChI is InChI=1S/C36H44N4O6/c1-36(2,3)46-35(45)30(23-25-13-8-5-9-14-25)39-32(42)29(22-24-11-6-4-7-12-24)38-33(43)31-15-10-20-40(31)34(44)28(37)21-26-16-18-27(41)19-17-26/h4-9,11-14,16-19,28-31,41H,10,15,20-23,37H2,1-3H3,(H,38,43)(H,39,42)/t28-,29-,30-,31-/m0/s1. The minimum Gasteiger partial charge on any atom is -0.508 e. The summed E-state index contributed by atoms with van der Waals surface area (Å²) in [5.41, 5.74) is 7.95. The van der Waals surface area contributed by atoms with E-state index in [1.54, 1.807) is 32.9 Å². The number of nitrogens with one attached hydrogen (secondary N) is 2. The number of carbonyl (C=O) groups excluding carboxylic acids is 4. The van der Waals surface area contributed by atoms with E-state index in [1.807, 2.05) is 60.7 Å². The summed E-state index contributed by atoms with van der Waals surface area (Å²) < 4.78 is 5.64. The highest BCUT2D eigenvalue weighted by atomic mass is 16.6. The Morgan fingerprint density at radius 3 is 1.93 bits per heavy atom. The van der Waals surface area contributed by atoms with Crippen molar-refractivity contribution in [2.75, 3.05) is 6.54 Å². The van der Waals surface area contributed by atoms with Gasteiger partial charge in [0.05, 0.1) is 6.04 Å². The maximum Gasteiger partial charge on any atom is 0.329 e. The quantitative estimate of drug-likeness (QED) is 0.225. The zero-order valence-corrected chi connectivity index (χ0v) is 26.6. The van der Waals surface area contributed by atoms with Gasteiger partial charge in [-0.3, -0.25) is 14.4 Å². The molecule has 1 aliphatic rings. The Kier molecular flexibility index (Phi) is 11.5. The molecule has 1 aliphatic heterocycles. The third kappa shape index (κ3) is 9.90. The number of ether oxygens (including phenoxy) is 1. The summed E-state index contributed by atoms with van der Waals surface area (Å²) in [6.07, 6.45) is 1.67. The van der Waals surface area contributed by atoms with Crippen LogP contribution < -0.4 is 16.4 Å². The van der Waals surface area contributed by atoms with Crippen molar-refractivity contribution < 1.29 is 29.0 Å². The maximum absolute atomic E-state index is 13.9. The van der Waals surface area contributed by atoms with Gasteiger partial charge >= 0.3 is 5.97 Å². The van der Waals surface area contributed by atoms with Crippen LogP contribution in [0.4, 0.5) is 0 Å². The number of hydrogen-bond acceptors (Lipinski definition) is 7. The normalized spacial score (nSPS) is 16.6. The van der Waals surface area contributed by atoms with Gasteiger partial charge in [-0.05, 0) is 68.9 Å². The molecule has 3 amide bonds. The molecule has 0 bridgehead atoms. The first-order valence-corrected chi connectivity index (χ1v) is 15.6. The van der Waals surface area contributed by atoms with E-state index in [-0.39, 0.29) is 30.9 Å². The van der Waals surface area contributed by atoms with Crippen molar-refractivity contribution in [2.45, 2.75) is 82.6 Å². The minimum absolute atomic E-state index is 0.117. The van der Waals surface area contributed by atoms with Crippen molar-refractivity contribution in [2.24, 2.45) is 5.73 Å². The highest BCUT2D eigenvalue weighted by molar-refractivity contribution is 5.94. The molecular formula is C36H44N4O6. The molecule has 10 heteroatoms. The number of rotatable bonds is 12. The molecule has 0 saturated carbocycles. The van der Waals surface area contributed by atoms with E-state index in [4.69, 9.17) is 10.5 Å². The summed E-state index contributed by atoms with van der Waals surface area (Å²) in [6.45, 7) is 5.65. The number of nitrogens with two attached hydrogens (primary N) is 1. The zero-order valence-electron chi connectivity index (χ0n) is 26.6. The van der Waals surface area contributed by atoms with Gasteiger partial charge in [0.1, 0.15) is 29.5 Å². The molecule has 0 unspecified atom stereocenters. The lowest BCUT2D eigenvalue weighted by molar-refractivity contribution is -0.158. The fourth-order valence-corrected chi connectivity index (χ4v) is 5.50. The molecule has 1 saturated heterocycles. The summed E-state index contributed by atoms with van der Waals surface area (Å²) in [5.74, 6) is -1.82. The molecule has 4 rings (SSSR count). The lowest BCUT2D eigenvalue weighted by Gasteiger charge is -2.29. The molecule has 10 nitrogen and oxygen atoms in total. The summed E-state index contributed by atoms with van der Waals surface area (Å²) in [7, 11) is 0. The van der Waals surface area contributed by atoms with Crippen LogP contribution >= 0.6 is 0 Å². The molecule has 3 aromatic carbocycles. The Balaban J connectivity index is 1.51. The highest BCUT2D eigenvalue weighted by Gasteiger charge is 2.38. The number of carbonyl (C=O) groups is 4. The first-order valence-electron chi connectivity index (χ1n) is 15.6. The van der Waals surface area contributed by atoms with Crippen LogP contribution in [0.25, 0.3) is 0 Å². The second-order valence-electron chi connectivity index (χ2n) is 12.7. The van der Waals surface area contributed by atoms with Crippen LogP contribution in [0.1, 0.15) is 50.3 Å². The molecule has 0 aromatic heterocycles. The summed E-state index contributed by atoms with van der Waals surface area (Å²) in [4.78, 5) is 55.7. The topological polar surface area (TPSA) is 151 Å². The van der Waals surface area contributed by atoms with Gasteiger partial charge in [-0.1, -0.05) is 72.8 Å². The Labute approximate surface area is 270 Å². The molecule has 3 aromatic rings. The molecule has 0 spiro atoms. The predicted octanol–water partition coefficient (Wildman–Crippen LogP) is 3.05. The molecule has 244 valence electrons. The van der Waals surface area contributed by atoms with E-state index in [2.05, 4.69) is 10.6 Å². The Bertz CT molecular complexity index is 1470. The minimum atomic E-state index is -1.03. The molecule has 0 aliphatic carbocycles. The molecule has 46 heavy (non-hydrogen) atoms. The number of phenols is 1. The van der Waals surface area contributed by atoms with Gasteiger partial charge < -0.3 is 31.1 Å². The molecule has 1 heterocycles. The largest absolute Gasteiger partial charge is 0.508 e. The summed E-state index contributed by atoms with van der Waals surface area (Å²) in [5, 5.41) is 15.3. The van der Waals surface area contributed by atoms with E-state index >= 15 is 0 Å². The van der Waals surface area contributed by atoms with Crippen LogP contribution in [0.3, 0.4) is 0 Å². The lowest BCUT2D eigenvalue weighted by Crippen LogP contribution is -2.57. The third-order valence-electron chi connectivity index (χ3n) is 7.75. The maximum atomic E-state index is 13.9. The number of benzene rings is 3. The van der Waals surface area contributed by atoms with E-state index in [0.717, 1.165) is 16.7 Å². The number of phenolic OH excluding ortho intramolecular Hbond substituents is 1. The summed E-state index contributed by atoms with van der Waals surface area (Å²) >= 11 is 0. The SMILES string of the molecule is CC(C)(C)OC(=O)[C@H](Cc1ccccc1)NC(=O)[C@H](Cc1ccccc1)NC(=O)[C@@H]1CCCN1C(=O)[C@@H](N)Cc1ccc(O)cc1. The van der Waals surface area contributed by atoms with Crippen LogP contribution in [0.2, 0.25) is 0 Å². The number of aromatic hydroxyl groups is 1. The van der Waals surface area contributed by atoms with Crippen molar-refractivity contribution >= 4 is 23.7 Å². The number of likely N-dealkylation sites (tertiary alicyclic amines) is 1. The number of amides is 3. The van der Waals surface area contributed by atoms with Crippen LogP contribution in [-0.2, 0) is 43.2 Å². The number of esters is 1. The van der Waals surface area contributed by atoms with Crippen molar-refractivity contribution in [3.63, 3.8) is 0 Å². The fraction of sp³-hybridized carbons (Fsp3) is 0.389. The van der Waals surface area contributed by atoms with E-state index < -0.39 is 47.6 Å². The predicted molar refractivity (Wildman–Crippen MR) is 175 cm³/mol. The lowest BCUT2D eigenvalue weighted by atomic mass is 10.0. The molecule has 1 fully saturated rings. The zero-order chi connectivity index (χ0) is 33.3. The third-order valence-corrected chi connectivity index (χ3v) is 7.75. The monoisotopic (exact) mass is 628 g/mol. The smallest absolute Gasteiger partial charge is 0.329 e. The van der Waals surface area contributed by atoms with Crippen LogP contribution in [0.5, 0.6) is 5.75 Å². The van der Waals surface area contributed by atoms with Gasteiger partial charge in [0.2, 0.25) is 17.7 Å². The molecule has 5 N–H and O–H groups in total. The first kappa shape index (κ1) is 34.2. The molecule has 4 atom stereocenters. The van der Waals surface area contributed by atoms with Crippen LogP contribution in [0, 0.1) is 0 Å². The second-order valence-corrected chi connectivity index (χ2v) is 12.7. The first-order chi connectivity index (χ1) is 21.9. The van der Waals surface area contributed by atoms with Crippen LogP contribution in [0.15, 0.2) is 84.9 Å². The molecule has 0 radical (unpaired) electrons. The van der Waals surface area contributed by atoms with Gasteiger partial charge in [-0.25, -0.2) is 4.79 Å². The summed E-state index contributed by atoms with van der Waals surface area (Å²) in [6, 6.07) is 21.3. The Morgan fingerprint density at radius 2 is 1.37 bits per heavy atom. The van der Waals surface area contributed by atoms with Gasteiger partial charge in [-0.15, -0.1) is 0 Å². The Hall–Kier alpha value is -4.70. The van der Waals surface area contributed by atoms with Crippen molar-refractivity contribution in [1.29, 1.82) is 0 Å². The fourth-order valence-electron chi connectivity index (χ4n) is 5.50. The van der Waals surface area contributed by atoms with Gasteiger partial charge in [0.25, 0.3) is 0 Å². The van der Waals surface area contributed by atoms with Gasteiger partial charge in [0.15, 0.2) is 0 Å². The van der Waals surface area contributed by atoms with E-state index in [9.17, 15) is 24.3 Å². The second kappa shape index (κ2) is 15.5. The van der Waals surface area contributed by atoms with E-state index in [1.165, 1.54) is 17.0 Å². The average Bonchev–Trinajstić information content (AvgIpc) is 3.51. The average molecular weight is 629 g/mol. The van der Waals surface area contributed by atoms with Crippen LogP contribution in [-0.4, -0.2) is 70.0 Å². The highest BCUT2D eigenvalue weighted by Crippen LogP contribution is 2.21. The number of nitrogens with zero attached hydrogens (tertiary/aromatic N) is 1. The number of hydrogen-bond donors (Lipinski definition) is 4. The van der Waals surface area contributed by atoms with Crippen molar-refractivity contribution in [3.05, 3.63) is 102 Å². The van der Waals surface area contributed by atoms with E-state index in [0.29, 0.717) is 19.4 Å².